The summed E-state index contributed by atoms with van der Waals surface area (Å²) in [4.78, 5) is 0. The minimum Gasteiger partial charge on any atom is -0.0877 e. The molecule has 0 aromatic rings. The molecule has 0 aliphatic rings. The third-order valence-electron chi connectivity index (χ3n) is 11.4. The Labute approximate surface area is 258 Å². The normalized spacial score (nSPS) is 13.1. The van der Waals surface area contributed by atoms with Gasteiger partial charge in [-0.05, 0) is 73.3 Å². The molecule has 0 fully saturated rings. The van der Waals surface area contributed by atoms with Gasteiger partial charge in [-0.15, -0.1) is 0 Å². The van der Waals surface area contributed by atoms with Gasteiger partial charge in [0.15, 0.2) is 0 Å². The summed E-state index contributed by atoms with van der Waals surface area (Å²) in [5, 5.41) is 1.72. The Morgan fingerprint density at radius 1 is 0.275 bits per heavy atom. The van der Waals surface area contributed by atoms with Crippen LogP contribution in [0.15, 0.2) is 0 Å². The van der Waals surface area contributed by atoms with Crippen LogP contribution in [-0.4, -0.2) is 15.5 Å². The van der Waals surface area contributed by atoms with Gasteiger partial charge in [0.2, 0.25) is 0 Å². The molecular weight excluding hydrogens is 499 g/mol. The molecule has 0 aliphatic heterocycles. The lowest BCUT2D eigenvalue weighted by Crippen LogP contribution is -2.47. The van der Waals surface area contributed by atoms with Gasteiger partial charge in [0, 0.05) is 0 Å². The molecule has 0 nitrogen and oxygen atoms in total. The van der Waals surface area contributed by atoms with Gasteiger partial charge in [-0.1, -0.05) is 186 Å². The van der Waals surface area contributed by atoms with Crippen LogP contribution < -0.4 is 0 Å². The quantitative estimate of drug-likeness (QED) is 0.0585. The Hall–Kier alpha value is 0.430. The van der Waals surface area contributed by atoms with E-state index in [0.29, 0.717) is 15.5 Å². The van der Waals surface area contributed by atoms with Crippen molar-refractivity contribution in [3.63, 3.8) is 0 Å². The Balaban J connectivity index is 6.28. The lowest BCUT2D eigenvalue weighted by atomic mass is 9.91. The molecule has 0 aromatic heterocycles. The fourth-order valence-corrected chi connectivity index (χ4v) is 14.4. The molecule has 0 bridgehead atoms. The minimum atomic E-state index is -0.0871. The third-order valence-corrected chi connectivity index (χ3v) is 16.8. The molecule has 0 aliphatic carbocycles. The number of hydrogen-bond acceptors (Lipinski definition) is 0. The van der Waals surface area contributed by atoms with E-state index in [1.807, 2.05) is 0 Å². The van der Waals surface area contributed by atoms with Gasteiger partial charge in [0.25, 0.3) is 0 Å². The van der Waals surface area contributed by atoms with Crippen LogP contribution in [0.2, 0.25) is 0 Å². The van der Waals surface area contributed by atoms with E-state index in [2.05, 4.69) is 62.3 Å². The summed E-state index contributed by atoms with van der Waals surface area (Å²) in [7, 11) is -0.0871. The maximum atomic E-state index is 2.61. The van der Waals surface area contributed by atoms with E-state index in [1.165, 1.54) is 173 Å². The van der Waals surface area contributed by atoms with Crippen molar-refractivity contribution < 1.29 is 0 Å². The Morgan fingerprint density at radius 2 is 0.475 bits per heavy atom. The van der Waals surface area contributed by atoms with Crippen LogP contribution in [0.5, 0.6) is 0 Å². The number of unbranched alkanes of at least 4 members (excludes halogenated alkanes) is 15. The van der Waals surface area contributed by atoms with Gasteiger partial charge < -0.3 is 0 Å². The monoisotopic (exact) mass is 581 g/mol. The van der Waals surface area contributed by atoms with Crippen LogP contribution in [0.1, 0.15) is 236 Å². The molecule has 0 N–H and O–H groups in total. The molecule has 0 saturated heterocycles. The molecular formula is C39H81P. The minimum absolute atomic E-state index is 0.0871. The first-order valence-corrected chi connectivity index (χ1v) is 20.6. The molecule has 1 heteroatoms. The van der Waals surface area contributed by atoms with Crippen molar-refractivity contribution in [2.45, 2.75) is 251 Å². The van der Waals surface area contributed by atoms with Crippen molar-refractivity contribution in [2.75, 3.05) is 0 Å². The summed E-state index contributed by atoms with van der Waals surface area (Å²) in [6, 6.07) is 0. The molecule has 0 saturated carbocycles. The summed E-state index contributed by atoms with van der Waals surface area (Å²) in [5.41, 5.74) is 0. The maximum absolute atomic E-state index is 2.61. The highest BCUT2D eigenvalue weighted by molar-refractivity contribution is 7.62. The average molecular weight is 581 g/mol. The molecule has 242 valence electrons. The first-order valence-electron chi connectivity index (χ1n) is 19.2. The van der Waals surface area contributed by atoms with E-state index >= 15 is 0 Å². The second kappa shape index (κ2) is 24.8. The zero-order valence-corrected chi connectivity index (χ0v) is 30.9. The first-order chi connectivity index (χ1) is 19.4. The van der Waals surface area contributed by atoms with Crippen molar-refractivity contribution in [3.05, 3.63) is 0 Å². The van der Waals surface area contributed by atoms with Crippen LogP contribution in [-0.2, 0) is 0 Å². The topological polar surface area (TPSA) is 0 Å². The highest BCUT2D eigenvalue weighted by atomic mass is 31.1. The average Bonchev–Trinajstić information content (AvgIpc) is 2.99. The van der Waals surface area contributed by atoms with Crippen molar-refractivity contribution >= 4 is 7.92 Å². The predicted octanol–water partition coefficient (Wildman–Crippen LogP) is 15.4. The van der Waals surface area contributed by atoms with E-state index in [4.69, 9.17) is 0 Å². The van der Waals surface area contributed by atoms with E-state index in [1.54, 1.807) is 0 Å². The summed E-state index contributed by atoms with van der Waals surface area (Å²) in [6.07, 6.45) is 39.0. The predicted molar refractivity (Wildman–Crippen MR) is 191 cm³/mol. The molecule has 40 heavy (non-hydrogen) atoms. The largest absolute Gasteiger partial charge is 0.0877 e. The van der Waals surface area contributed by atoms with E-state index in [0.717, 1.165) is 0 Å². The van der Waals surface area contributed by atoms with E-state index < -0.39 is 0 Å². The molecule has 0 atom stereocenters. The highest BCUT2D eigenvalue weighted by Crippen LogP contribution is 2.76. The van der Waals surface area contributed by atoms with Crippen LogP contribution >= 0.6 is 7.92 Å². The Morgan fingerprint density at radius 3 is 0.675 bits per heavy atom. The first kappa shape index (κ1) is 40.4. The van der Waals surface area contributed by atoms with Gasteiger partial charge >= 0.3 is 0 Å². The fraction of sp³-hybridized carbons (Fsp3) is 1.00. The van der Waals surface area contributed by atoms with E-state index in [-0.39, 0.29) is 7.92 Å². The van der Waals surface area contributed by atoms with Crippen molar-refractivity contribution in [3.8, 4) is 0 Å². The summed E-state index contributed by atoms with van der Waals surface area (Å²) < 4.78 is 0. The summed E-state index contributed by atoms with van der Waals surface area (Å²) in [5.74, 6) is 0. The SMILES string of the molecule is CCCCCCCCC(CC)(CC)P(C(CC)(CC)CCCCCCCC)C(CC)(CC)CCCCCCCC. The van der Waals surface area contributed by atoms with Crippen LogP contribution in [0.4, 0.5) is 0 Å². The second-order valence-corrected chi connectivity index (χ2v) is 17.2. The lowest BCUT2D eigenvalue weighted by molar-refractivity contribution is 0.374. The van der Waals surface area contributed by atoms with Gasteiger partial charge in [-0.3, -0.25) is 0 Å². The molecule has 0 amide bonds. The Bertz CT molecular complexity index is 449. The summed E-state index contributed by atoms with van der Waals surface area (Å²) >= 11 is 0. The van der Waals surface area contributed by atoms with Gasteiger partial charge in [0.1, 0.15) is 0 Å². The molecule has 0 aromatic carbocycles. The van der Waals surface area contributed by atoms with Crippen molar-refractivity contribution in [1.82, 2.24) is 0 Å². The fourth-order valence-electron chi connectivity index (χ4n) is 8.31. The zero-order valence-electron chi connectivity index (χ0n) is 30.0. The number of hydrogen-bond donors (Lipinski definition) is 0. The molecule has 0 radical (unpaired) electrons. The van der Waals surface area contributed by atoms with E-state index in [9.17, 15) is 0 Å². The Kier molecular flexibility index (Phi) is 25.1. The molecule has 0 spiro atoms. The molecule has 0 unspecified atom stereocenters. The number of rotatable bonds is 30. The van der Waals surface area contributed by atoms with Gasteiger partial charge in [0.05, 0.1) is 0 Å². The highest BCUT2D eigenvalue weighted by Gasteiger charge is 2.54. The van der Waals surface area contributed by atoms with Gasteiger partial charge in [-0.25, -0.2) is 0 Å². The summed E-state index contributed by atoms with van der Waals surface area (Å²) in [6.45, 7) is 22.7. The van der Waals surface area contributed by atoms with Crippen LogP contribution in [0.3, 0.4) is 0 Å². The van der Waals surface area contributed by atoms with Crippen LogP contribution in [0, 0.1) is 0 Å². The standard InChI is InChI=1S/C39H81P/c1-10-19-22-25-28-31-34-37(13-4,14-5)40(38(15-6,16-7)35-32-29-26-23-20-11-2)39(17-8,18-9)36-33-30-27-24-21-12-3/h10-36H2,1-9H3. The van der Waals surface area contributed by atoms with Crippen molar-refractivity contribution in [2.24, 2.45) is 0 Å². The maximum Gasteiger partial charge on any atom is -0.00897 e. The smallest absolute Gasteiger partial charge is 0.00897 e. The van der Waals surface area contributed by atoms with Gasteiger partial charge in [-0.2, -0.15) is 0 Å². The zero-order chi connectivity index (χ0) is 30.2. The third kappa shape index (κ3) is 13.4. The lowest BCUT2D eigenvalue weighted by Gasteiger charge is -2.60. The molecule has 0 rings (SSSR count). The molecule has 0 heterocycles. The second-order valence-electron chi connectivity index (χ2n) is 13.7. The van der Waals surface area contributed by atoms with Crippen LogP contribution in [0.25, 0.3) is 0 Å². The van der Waals surface area contributed by atoms with Crippen molar-refractivity contribution in [1.29, 1.82) is 0 Å².